The number of rotatable bonds is 6. The molecule has 2 saturated heterocycles. The summed E-state index contributed by atoms with van der Waals surface area (Å²) in [7, 11) is 1.54. The number of ketones is 2. The Bertz CT molecular complexity index is 1550. The minimum absolute atomic E-state index is 0.186. The Balaban J connectivity index is 1.42. The number of benzene rings is 3. The third-order valence-corrected chi connectivity index (χ3v) is 8.10. The zero-order valence-electron chi connectivity index (χ0n) is 20.9. The first-order valence-electron chi connectivity index (χ1n) is 12.5. The Morgan fingerprint density at radius 1 is 0.821 bits per heavy atom. The fourth-order valence-electron chi connectivity index (χ4n) is 5.72. The third kappa shape index (κ3) is 4.12. The van der Waals surface area contributed by atoms with Crippen LogP contribution < -0.4 is 9.64 Å². The second-order valence-corrected chi connectivity index (χ2v) is 10.6. The first-order valence-corrected chi connectivity index (χ1v) is 13.3. The van der Waals surface area contributed by atoms with E-state index in [0.717, 1.165) is 4.47 Å². The summed E-state index contributed by atoms with van der Waals surface area (Å²) in [5.41, 5.74) is 1.79. The van der Waals surface area contributed by atoms with Gasteiger partial charge in [0.2, 0.25) is 11.8 Å². The molecule has 3 aromatic carbocycles. The van der Waals surface area contributed by atoms with E-state index in [4.69, 9.17) is 4.74 Å². The van der Waals surface area contributed by atoms with Crippen molar-refractivity contribution in [3.05, 3.63) is 118 Å². The summed E-state index contributed by atoms with van der Waals surface area (Å²) in [6.45, 7) is 0. The van der Waals surface area contributed by atoms with Crippen LogP contribution in [-0.4, -0.2) is 47.5 Å². The number of amides is 2. The van der Waals surface area contributed by atoms with Crippen molar-refractivity contribution in [2.75, 3.05) is 12.0 Å². The summed E-state index contributed by atoms with van der Waals surface area (Å²) in [6, 6.07) is 20.9. The zero-order chi connectivity index (χ0) is 27.3. The van der Waals surface area contributed by atoms with E-state index in [1.807, 2.05) is 6.07 Å². The molecule has 6 rings (SSSR count). The number of methoxy groups -OCH3 is 1. The Labute approximate surface area is 233 Å². The Hall–Kier alpha value is -4.30. The monoisotopic (exact) mass is 582 g/mol. The lowest BCUT2D eigenvalue weighted by atomic mass is 9.85. The van der Waals surface area contributed by atoms with E-state index in [-0.39, 0.29) is 11.6 Å². The van der Waals surface area contributed by atoms with E-state index in [0.29, 0.717) is 28.1 Å². The van der Waals surface area contributed by atoms with Crippen molar-refractivity contribution in [3.8, 4) is 5.75 Å². The number of Topliss-reactive ketones (excluding diaryl/α,β-unsaturated/α-hetero) is 2. The first kappa shape index (κ1) is 25.0. The molecule has 0 aromatic heterocycles. The molecule has 3 aromatic rings. The first-order chi connectivity index (χ1) is 18.9. The van der Waals surface area contributed by atoms with E-state index >= 15 is 0 Å². The molecule has 4 atom stereocenters. The highest BCUT2D eigenvalue weighted by atomic mass is 79.9. The van der Waals surface area contributed by atoms with Crippen molar-refractivity contribution in [1.29, 1.82) is 0 Å². The normalized spacial score (nSPS) is 23.4. The van der Waals surface area contributed by atoms with Crippen LogP contribution in [0.4, 0.5) is 5.69 Å². The number of nitrogens with zero attached hydrogens (tertiary/aromatic N) is 2. The molecule has 194 valence electrons. The quantitative estimate of drug-likeness (QED) is 0.305. The highest BCUT2D eigenvalue weighted by Crippen LogP contribution is 2.47. The fourth-order valence-corrected chi connectivity index (χ4v) is 5.99. The Kier molecular flexibility index (Phi) is 6.27. The van der Waals surface area contributed by atoms with Crippen molar-refractivity contribution >= 4 is 45.0 Å². The van der Waals surface area contributed by atoms with Crippen LogP contribution in [0.15, 0.2) is 107 Å². The number of hydrogen-bond acceptors (Lipinski definition) is 6. The summed E-state index contributed by atoms with van der Waals surface area (Å²) in [5.74, 6) is -2.41. The molecule has 2 fully saturated rings. The predicted molar refractivity (Wildman–Crippen MR) is 148 cm³/mol. The molecule has 3 aliphatic rings. The van der Waals surface area contributed by atoms with Gasteiger partial charge in [0.15, 0.2) is 11.6 Å². The van der Waals surface area contributed by atoms with Gasteiger partial charge in [-0.3, -0.25) is 19.2 Å². The Morgan fingerprint density at radius 2 is 1.49 bits per heavy atom. The number of imide groups is 1. The summed E-state index contributed by atoms with van der Waals surface area (Å²) in [6.07, 6.45) is 5.06. The summed E-state index contributed by atoms with van der Waals surface area (Å²) < 4.78 is 6.04. The van der Waals surface area contributed by atoms with Crippen LogP contribution in [0.3, 0.4) is 0 Å². The van der Waals surface area contributed by atoms with E-state index in [9.17, 15) is 19.2 Å². The molecule has 0 spiro atoms. The largest absolute Gasteiger partial charge is 0.497 e. The van der Waals surface area contributed by atoms with Crippen molar-refractivity contribution in [1.82, 2.24) is 4.90 Å². The topological polar surface area (TPSA) is 84.0 Å². The third-order valence-electron chi connectivity index (χ3n) is 7.57. The highest BCUT2D eigenvalue weighted by Gasteiger charge is 2.63. The maximum absolute atomic E-state index is 13.9. The number of ether oxygens (including phenoxy) is 1. The van der Waals surface area contributed by atoms with Gasteiger partial charge in [-0.25, -0.2) is 4.90 Å². The molecule has 0 unspecified atom stereocenters. The standard InChI is InChI=1S/C31H23BrN2O5/c1-39-23-13-11-22(12-14-23)34-30(37)25-24-17-20(28(35)18-5-3-2-4-6-18)15-16-33(24)27(26(25)31(34)38)29(36)19-7-9-21(32)10-8-19/h2-17,24-27H,1H3/t24-,25-,26-,27+/m0/s1. The second-order valence-electron chi connectivity index (χ2n) is 9.65. The molecule has 8 heteroatoms. The summed E-state index contributed by atoms with van der Waals surface area (Å²) in [4.78, 5) is 57.9. The van der Waals surface area contributed by atoms with Gasteiger partial charge in [0.1, 0.15) is 11.8 Å². The molecule has 3 heterocycles. The van der Waals surface area contributed by atoms with E-state index in [2.05, 4.69) is 15.9 Å². The molecule has 0 N–H and O–H groups in total. The molecule has 2 amide bonds. The van der Waals surface area contributed by atoms with Gasteiger partial charge < -0.3 is 9.64 Å². The van der Waals surface area contributed by atoms with Crippen LogP contribution in [0, 0.1) is 11.8 Å². The fraction of sp³-hybridized carbons (Fsp3) is 0.161. The minimum Gasteiger partial charge on any atom is -0.497 e. The van der Waals surface area contributed by atoms with Gasteiger partial charge in [0, 0.05) is 27.4 Å². The Morgan fingerprint density at radius 3 is 2.15 bits per heavy atom. The molecular weight excluding hydrogens is 560 g/mol. The molecule has 0 aliphatic carbocycles. The van der Waals surface area contributed by atoms with Crippen LogP contribution in [0.5, 0.6) is 5.75 Å². The molecule has 39 heavy (non-hydrogen) atoms. The van der Waals surface area contributed by atoms with Crippen molar-refractivity contribution in [2.24, 2.45) is 11.8 Å². The van der Waals surface area contributed by atoms with Crippen LogP contribution in [0.2, 0.25) is 0 Å². The van der Waals surface area contributed by atoms with Gasteiger partial charge in [0.25, 0.3) is 0 Å². The number of allylic oxidation sites excluding steroid dienone is 2. The zero-order valence-corrected chi connectivity index (χ0v) is 22.4. The molecule has 7 nitrogen and oxygen atoms in total. The average molecular weight is 583 g/mol. The molecule has 3 aliphatic heterocycles. The van der Waals surface area contributed by atoms with E-state index < -0.39 is 35.7 Å². The molecule has 0 bridgehead atoms. The maximum Gasteiger partial charge on any atom is 0.240 e. The predicted octanol–water partition coefficient (Wildman–Crippen LogP) is 4.84. The van der Waals surface area contributed by atoms with Gasteiger partial charge in [-0.1, -0.05) is 64.5 Å². The number of hydrogen-bond donors (Lipinski definition) is 0. The number of halogens is 1. The van der Waals surface area contributed by atoms with Crippen molar-refractivity contribution < 1.29 is 23.9 Å². The van der Waals surface area contributed by atoms with Gasteiger partial charge in [-0.05, 0) is 42.5 Å². The van der Waals surface area contributed by atoms with Gasteiger partial charge >= 0.3 is 0 Å². The van der Waals surface area contributed by atoms with Gasteiger partial charge in [-0.15, -0.1) is 0 Å². The lowest BCUT2D eigenvalue weighted by molar-refractivity contribution is -0.123. The lowest BCUT2D eigenvalue weighted by Gasteiger charge is -2.32. The van der Waals surface area contributed by atoms with Crippen LogP contribution in [-0.2, 0) is 9.59 Å². The second kappa shape index (κ2) is 9.78. The summed E-state index contributed by atoms with van der Waals surface area (Å²) >= 11 is 3.39. The van der Waals surface area contributed by atoms with Gasteiger partial charge in [-0.2, -0.15) is 0 Å². The van der Waals surface area contributed by atoms with E-state index in [1.54, 1.807) is 96.0 Å². The number of fused-ring (bicyclic) bond motifs is 3. The maximum atomic E-state index is 13.9. The van der Waals surface area contributed by atoms with Crippen LogP contribution in [0.25, 0.3) is 0 Å². The number of carbonyl (C=O) groups is 4. The van der Waals surface area contributed by atoms with Crippen LogP contribution >= 0.6 is 15.9 Å². The van der Waals surface area contributed by atoms with Crippen LogP contribution in [0.1, 0.15) is 20.7 Å². The average Bonchev–Trinajstić information content (AvgIpc) is 3.44. The number of anilines is 1. The summed E-state index contributed by atoms with van der Waals surface area (Å²) in [5, 5.41) is 0. The SMILES string of the molecule is COc1ccc(N2C(=O)[C@@H]3[C@H](C2=O)[C@H](C(=O)c2ccc(Br)cc2)N2C=CC(C(=O)c4ccccc4)=C[C@@H]32)cc1. The molecule has 0 saturated carbocycles. The van der Waals surface area contributed by atoms with Crippen molar-refractivity contribution in [2.45, 2.75) is 12.1 Å². The number of carbonyl (C=O) groups excluding carboxylic acids is 4. The van der Waals surface area contributed by atoms with E-state index in [1.165, 1.54) is 12.0 Å². The molecule has 0 radical (unpaired) electrons. The van der Waals surface area contributed by atoms with Gasteiger partial charge in [0.05, 0.1) is 30.7 Å². The molecular formula is C31H23BrN2O5. The smallest absolute Gasteiger partial charge is 0.240 e. The lowest BCUT2D eigenvalue weighted by Crippen LogP contribution is -2.46. The highest BCUT2D eigenvalue weighted by molar-refractivity contribution is 9.10. The minimum atomic E-state index is -0.909. The van der Waals surface area contributed by atoms with Crippen molar-refractivity contribution in [3.63, 3.8) is 0 Å².